The Balaban J connectivity index is 1.51. The highest BCUT2D eigenvalue weighted by Gasteiger charge is 2.26. The van der Waals surface area contributed by atoms with Gasteiger partial charge in [-0.2, -0.15) is 5.10 Å². The number of pyridine rings is 1. The average Bonchev–Trinajstić information content (AvgIpc) is 3.11. The van der Waals surface area contributed by atoms with Gasteiger partial charge < -0.3 is 9.80 Å². The van der Waals surface area contributed by atoms with Crippen molar-refractivity contribution >= 4 is 23.2 Å². The van der Waals surface area contributed by atoms with Gasteiger partial charge >= 0.3 is 0 Å². The smallest absolute Gasteiger partial charge is 0.242 e. The van der Waals surface area contributed by atoms with Crippen LogP contribution in [0.3, 0.4) is 0 Å². The van der Waals surface area contributed by atoms with Crippen molar-refractivity contribution in [2.45, 2.75) is 19.9 Å². The molecule has 7 heteroatoms. The summed E-state index contributed by atoms with van der Waals surface area (Å²) in [6.07, 6.45) is 2.56. The molecule has 1 aliphatic rings. The SMILES string of the molecule is Cc1cc(-c2n[nH]c3c2CN(C(=O)CN(C)c2ccccc2Cl)CC3)ccn1. The number of para-hydroxylation sites is 1. The number of fused-ring (bicyclic) bond motifs is 1. The number of halogens is 1. The lowest BCUT2D eigenvalue weighted by molar-refractivity contribution is -0.130. The number of carbonyl (C=O) groups is 1. The zero-order valence-corrected chi connectivity index (χ0v) is 16.7. The second-order valence-electron chi connectivity index (χ2n) is 7.09. The molecule has 1 N–H and O–H groups in total. The molecule has 6 nitrogen and oxygen atoms in total. The molecule has 0 saturated heterocycles. The predicted molar refractivity (Wildman–Crippen MR) is 110 cm³/mol. The fourth-order valence-electron chi connectivity index (χ4n) is 3.59. The second-order valence-corrected chi connectivity index (χ2v) is 7.50. The maximum Gasteiger partial charge on any atom is 0.242 e. The van der Waals surface area contributed by atoms with Crippen molar-refractivity contribution in [3.63, 3.8) is 0 Å². The summed E-state index contributed by atoms with van der Waals surface area (Å²) in [7, 11) is 1.89. The van der Waals surface area contributed by atoms with Crippen molar-refractivity contribution in [2.75, 3.05) is 25.0 Å². The van der Waals surface area contributed by atoms with Crippen LogP contribution in [-0.2, 0) is 17.8 Å². The van der Waals surface area contributed by atoms with Gasteiger partial charge in [-0.1, -0.05) is 23.7 Å². The van der Waals surface area contributed by atoms with E-state index < -0.39 is 0 Å². The van der Waals surface area contributed by atoms with Crippen LogP contribution in [0.1, 0.15) is 17.0 Å². The molecule has 1 amide bonds. The Morgan fingerprint density at radius 3 is 2.93 bits per heavy atom. The fourth-order valence-corrected chi connectivity index (χ4v) is 3.87. The minimum absolute atomic E-state index is 0.0751. The van der Waals surface area contributed by atoms with Crippen LogP contribution in [-0.4, -0.2) is 46.1 Å². The highest BCUT2D eigenvalue weighted by molar-refractivity contribution is 6.33. The van der Waals surface area contributed by atoms with Crippen LogP contribution in [0.15, 0.2) is 42.6 Å². The zero-order valence-electron chi connectivity index (χ0n) is 15.9. The van der Waals surface area contributed by atoms with E-state index in [0.29, 0.717) is 18.1 Å². The second kappa shape index (κ2) is 7.64. The molecule has 2 aromatic heterocycles. The van der Waals surface area contributed by atoms with Gasteiger partial charge in [-0.3, -0.25) is 14.9 Å². The Kier molecular flexibility index (Phi) is 5.05. The van der Waals surface area contributed by atoms with Gasteiger partial charge in [0.05, 0.1) is 22.9 Å². The number of H-pyrrole nitrogens is 1. The minimum Gasteiger partial charge on any atom is -0.364 e. The van der Waals surface area contributed by atoms with E-state index in [9.17, 15) is 4.79 Å². The summed E-state index contributed by atoms with van der Waals surface area (Å²) < 4.78 is 0. The number of anilines is 1. The first kappa shape index (κ1) is 18.5. The summed E-state index contributed by atoms with van der Waals surface area (Å²) in [6.45, 7) is 3.47. The number of hydrogen-bond donors (Lipinski definition) is 1. The van der Waals surface area contributed by atoms with Crippen molar-refractivity contribution < 1.29 is 4.79 Å². The molecule has 0 aliphatic carbocycles. The number of carbonyl (C=O) groups excluding carboxylic acids is 1. The van der Waals surface area contributed by atoms with E-state index in [1.807, 2.05) is 60.2 Å². The van der Waals surface area contributed by atoms with Crippen molar-refractivity contribution in [3.8, 4) is 11.3 Å². The number of aromatic amines is 1. The monoisotopic (exact) mass is 395 g/mol. The van der Waals surface area contributed by atoms with Gasteiger partial charge in [0.1, 0.15) is 0 Å². The predicted octanol–water partition coefficient (Wildman–Crippen LogP) is 3.45. The largest absolute Gasteiger partial charge is 0.364 e. The van der Waals surface area contributed by atoms with E-state index in [0.717, 1.165) is 40.3 Å². The standard InChI is InChI=1S/C21H22ClN5O/c1-14-11-15(7-9-23-14)21-16-12-27(10-8-18(16)24-25-21)20(28)13-26(2)19-6-4-3-5-17(19)22/h3-7,9,11H,8,10,12-13H2,1-2H3,(H,24,25). The first-order valence-corrected chi connectivity index (χ1v) is 9.63. The lowest BCUT2D eigenvalue weighted by Crippen LogP contribution is -2.41. The first-order chi connectivity index (χ1) is 13.5. The van der Waals surface area contributed by atoms with Crippen LogP contribution in [0.4, 0.5) is 5.69 Å². The summed E-state index contributed by atoms with van der Waals surface area (Å²) in [5.41, 5.74) is 5.91. The highest BCUT2D eigenvalue weighted by atomic mass is 35.5. The van der Waals surface area contributed by atoms with Gasteiger partial charge in [0.15, 0.2) is 0 Å². The van der Waals surface area contributed by atoms with Gasteiger partial charge in [0, 0.05) is 55.3 Å². The molecule has 0 spiro atoms. The van der Waals surface area contributed by atoms with E-state index in [2.05, 4.69) is 15.2 Å². The molecule has 0 bridgehead atoms. The van der Waals surface area contributed by atoms with Gasteiger partial charge in [-0.15, -0.1) is 0 Å². The number of amides is 1. The third kappa shape index (κ3) is 3.60. The first-order valence-electron chi connectivity index (χ1n) is 9.25. The van der Waals surface area contributed by atoms with Crippen molar-refractivity contribution in [1.82, 2.24) is 20.1 Å². The number of nitrogens with one attached hydrogen (secondary N) is 1. The van der Waals surface area contributed by atoms with E-state index in [-0.39, 0.29) is 12.5 Å². The topological polar surface area (TPSA) is 65.1 Å². The van der Waals surface area contributed by atoms with Crippen LogP contribution in [0, 0.1) is 6.92 Å². The normalized spacial score (nSPS) is 13.3. The van der Waals surface area contributed by atoms with Gasteiger partial charge in [-0.25, -0.2) is 0 Å². The zero-order chi connectivity index (χ0) is 19.7. The molecule has 0 atom stereocenters. The van der Waals surface area contributed by atoms with Gasteiger partial charge in [0.25, 0.3) is 0 Å². The Morgan fingerprint density at radius 2 is 2.14 bits per heavy atom. The van der Waals surface area contributed by atoms with Crippen molar-refractivity contribution in [3.05, 3.63) is 64.6 Å². The quantitative estimate of drug-likeness (QED) is 0.734. The number of aromatic nitrogens is 3. The molecule has 4 rings (SSSR count). The van der Waals surface area contributed by atoms with E-state index in [4.69, 9.17) is 11.6 Å². The summed E-state index contributed by atoms with van der Waals surface area (Å²) >= 11 is 6.26. The van der Waals surface area contributed by atoms with Crippen molar-refractivity contribution in [2.24, 2.45) is 0 Å². The number of benzene rings is 1. The van der Waals surface area contributed by atoms with E-state index >= 15 is 0 Å². The maximum atomic E-state index is 12.9. The number of hydrogen-bond acceptors (Lipinski definition) is 4. The summed E-state index contributed by atoms with van der Waals surface area (Å²) in [5.74, 6) is 0.0751. The Morgan fingerprint density at radius 1 is 1.32 bits per heavy atom. The van der Waals surface area contributed by atoms with Gasteiger partial charge in [0.2, 0.25) is 5.91 Å². The van der Waals surface area contributed by atoms with Crippen molar-refractivity contribution in [1.29, 1.82) is 0 Å². The maximum absolute atomic E-state index is 12.9. The fraction of sp³-hybridized carbons (Fsp3) is 0.286. The molecule has 0 radical (unpaired) electrons. The van der Waals surface area contributed by atoms with Gasteiger partial charge in [-0.05, 0) is 31.2 Å². The number of likely N-dealkylation sites (N-methyl/N-ethyl adjacent to an activating group) is 1. The molecule has 144 valence electrons. The Labute approximate surface area is 169 Å². The minimum atomic E-state index is 0.0751. The highest BCUT2D eigenvalue weighted by Crippen LogP contribution is 2.29. The molecular formula is C21H22ClN5O. The van der Waals surface area contributed by atoms with Crippen LogP contribution < -0.4 is 4.90 Å². The molecule has 3 heterocycles. The van der Waals surface area contributed by atoms with Crippen LogP contribution >= 0.6 is 11.6 Å². The molecule has 0 fully saturated rings. The Bertz CT molecular complexity index is 1020. The number of aryl methyl sites for hydroxylation is 1. The lowest BCUT2D eigenvalue weighted by Gasteiger charge is -2.30. The third-order valence-corrected chi connectivity index (χ3v) is 5.41. The molecule has 0 saturated carbocycles. The van der Waals surface area contributed by atoms with Crippen LogP contribution in [0.2, 0.25) is 5.02 Å². The van der Waals surface area contributed by atoms with Crippen LogP contribution in [0.5, 0.6) is 0 Å². The lowest BCUT2D eigenvalue weighted by atomic mass is 10.0. The summed E-state index contributed by atoms with van der Waals surface area (Å²) in [5, 5.41) is 8.29. The summed E-state index contributed by atoms with van der Waals surface area (Å²) in [6, 6.07) is 11.5. The van der Waals surface area contributed by atoms with E-state index in [1.54, 1.807) is 6.20 Å². The molecule has 0 unspecified atom stereocenters. The molecular weight excluding hydrogens is 374 g/mol. The third-order valence-electron chi connectivity index (χ3n) is 5.09. The number of rotatable bonds is 4. The average molecular weight is 396 g/mol. The molecule has 28 heavy (non-hydrogen) atoms. The molecule has 3 aromatic rings. The molecule has 1 aliphatic heterocycles. The summed E-state index contributed by atoms with van der Waals surface area (Å²) in [4.78, 5) is 21.0. The number of nitrogens with zero attached hydrogens (tertiary/aromatic N) is 4. The van der Waals surface area contributed by atoms with Crippen LogP contribution in [0.25, 0.3) is 11.3 Å². The van der Waals surface area contributed by atoms with E-state index in [1.165, 1.54) is 0 Å². The Hall–Kier alpha value is -2.86. The molecule has 1 aromatic carbocycles.